The molecule has 2 heterocycles. The molecular formula is C17H28N4. The SMILES string of the molecule is CCn1cc(CN2CC3(CCCC3)NCC2C2CC2)cn1. The van der Waals surface area contributed by atoms with Crippen LogP contribution in [0.1, 0.15) is 51.0 Å². The van der Waals surface area contributed by atoms with Gasteiger partial charge in [-0.15, -0.1) is 0 Å². The molecule has 2 aliphatic carbocycles. The molecule has 0 radical (unpaired) electrons. The van der Waals surface area contributed by atoms with Crippen LogP contribution in [-0.4, -0.2) is 39.4 Å². The summed E-state index contributed by atoms with van der Waals surface area (Å²) >= 11 is 0. The molecule has 1 spiro atoms. The van der Waals surface area contributed by atoms with Crippen LogP contribution < -0.4 is 5.32 Å². The van der Waals surface area contributed by atoms with Crippen molar-refractivity contribution in [3.63, 3.8) is 0 Å². The summed E-state index contributed by atoms with van der Waals surface area (Å²) in [4.78, 5) is 2.77. The van der Waals surface area contributed by atoms with Crippen LogP contribution in [0.4, 0.5) is 0 Å². The smallest absolute Gasteiger partial charge is 0.0534 e. The standard InChI is InChI=1S/C17H28N4/c1-2-21-12-14(9-19-21)11-20-13-17(7-3-4-8-17)18-10-16(20)15-5-6-15/h9,12,15-16,18H,2-8,10-11,13H2,1H3. The fourth-order valence-corrected chi connectivity index (χ4v) is 4.41. The fourth-order valence-electron chi connectivity index (χ4n) is 4.41. The topological polar surface area (TPSA) is 33.1 Å². The molecule has 0 bridgehead atoms. The third-order valence-electron chi connectivity index (χ3n) is 5.78. The highest BCUT2D eigenvalue weighted by molar-refractivity contribution is 5.09. The number of hydrogen-bond donors (Lipinski definition) is 1. The van der Waals surface area contributed by atoms with Crippen molar-refractivity contribution >= 4 is 0 Å². The van der Waals surface area contributed by atoms with E-state index in [9.17, 15) is 0 Å². The third kappa shape index (κ3) is 2.76. The van der Waals surface area contributed by atoms with Gasteiger partial charge in [0.15, 0.2) is 0 Å². The van der Waals surface area contributed by atoms with Crippen LogP contribution in [0.2, 0.25) is 0 Å². The molecule has 1 aromatic heterocycles. The van der Waals surface area contributed by atoms with Crippen molar-refractivity contribution in [2.24, 2.45) is 5.92 Å². The summed E-state index contributed by atoms with van der Waals surface area (Å²) in [5, 5.41) is 8.38. The average Bonchev–Trinajstić information content (AvgIpc) is 3.07. The number of hydrogen-bond acceptors (Lipinski definition) is 3. The zero-order valence-corrected chi connectivity index (χ0v) is 13.2. The number of piperazine rings is 1. The second kappa shape index (κ2) is 5.40. The van der Waals surface area contributed by atoms with E-state index in [0.29, 0.717) is 5.54 Å². The lowest BCUT2D eigenvalue weighted by atomic mass is 9.91. The van der Waals surface area contributed by atoms with E-state index in [1.165, 1.54) is 57.2 Å². The van der Waals surface area contributed by atoms with E-state index >= 15 is 0 Å². The Hall–Kier alpha value is -0.870. The first-order chi connectivity index (χ1) is 10.3. The van der Waals surface area contributed by atoms with Crippen LogP contribution in [0, 0.1) is 5.92 Å². The number of aryl methyl sites for hydroxylation is 1. The van der Waals surface area contributed by atoms with Crippen LogP contribution in [-0.2, 0) is 13.1 Å². The highest BCUT2D eigenvalue weighted by atomic mass is 15.3. The van der Waals surface area contributed by atoms with Gasteiger partial charge in [0.25, 0.3) is 0 Å². The summed E-state index contributed by atoms with van der Waals surface area (Å²) in [5.74, 6) is 0.942. The lowest BCUT2D eigenvalue weighted by molar-refractivity contribution is 0.0627. The van der Waals surface area contributed by atoms with Gasteiger partial charge in [-0.25, -0.2) is 0 Å². The average molecular weight is 288 g/mol. The fraction of sp³-hybridized carbons (Fsp3) is 0.824. The molecule has 116 valence electrons. The molecule has 21 heavy (non-hydrogen) atoms. The number of aromatic nitrogens is 2. The van der Waals surface area contributed by atoms with Gasteiger partial charge in [-0.2, -0.15) is 5.10 Å². The van der Waals surface area contributed by atoms with E-state index in [2.05, 4.69) is 39.3 Å². The highest BCUT2D eigenvalue weighted by Gasteiger charge is 2.45. The molecule has 1 atom stereocenters. The highest BCUT2D eigenvalue weighted by Crippen LogP contribution is 2.41. The minimum Gasteiger partial charge on any atom is -0.308 e. The zero-order chi connectivity index (χ0) is 14.3. The molecule has 4 heteroatoms. The lowest BCUT2D eigenvalue weighted by Gasteiger charge is -2.46. The van der Waals surface area contributed by atoms with Crippen molar-refractivity contribution < 1.29 is 0 Å². The Morgan fingerprint density at radius 3 is 2.81 bits per heavy atom. The minimum absolute atomic E-state index is 0.423. The van der Waals surface area contributed by atoms with Crippen molar-refractivity contribution in [3.8, 4) is 0 Å². The van der Waals surface area contributed by atoms with Crippen LogP contribution in [0.25, 0.3) is 0 Å². The summed E-state index contributed by atoms with van der Waals surface area (Å²) in [5.41, 5.74) is 1.81. The van der Waals surface area contributed by atoms with Gasteiger partial charge in [-0.3, -0.25) is 9.58 Å². The first-order valence-corrected chi connectivity index (χ1v) is 8.78. The molecular weight excluding hydrogens is 260 g/mol. The molecule has 0 aromatic carbocycles. The van der Waals surface area contributed by atoms with E-state index in [0.717, 1.165) is 25.0 Å². The van der Waals surface area contributed by atoms with Gasteiger partial charge in [0.1, 0.15) is 0 Å². The molecule has 2 saturated carbocycles. The Bertz CT molecular complexity index is 485. The first kappa shape index (κ1) is 13.8. The van der Waals surface area contributed by atoms with Crippen LogP contribution in [0.5, 0.6) is 0 Å². The molecule has 4 rings (SSSR count). The molecule has 1 aromatic rings. The van der Waals surface area contributed by atoms with Crippen molar-refractivity contribution in [1.29, 1.82) is 0 Å². The Morgan fingerprint density at radius 2 is 2.14 bits per heavy atom. The molecule has 3 aliphatic rings. The molecule has 4 nitrogen and oxygen atoms in total. The van der Waals surface area contributed by atoms with Crippen molar-refractivity contribution in [2.75, 3.05) is 13.1 Å². The first-order valence-electron chi connectivity index (χ1n) is 8.78. The van der Waals surface area contributed by atoms with Crippen LogP contribution in [0.15, 0.2) is 12.4 Å². The normalized spacial score (nSPS) is 29.3. The third-order valence-corrected chi connectivity index (χ3v) is 5.78. The Kier molecular flexibility index (Phi) is 3.54. The number of nitrogens with one attached hydrogen (secondary N) is 1. The predicted molar refractivity (Wildman–Crippen MR) is 84.0 cm³/mol. The second-order valence-corrected chi connectivity index (χ2v) is 7.38. The Labute approximate surface area is 127 Å². The molecule has 1 aliphatic heterocycles. The predicted octanol–water partition coefficient (Wildman–Crippen LogP) is 2.40. The largest absolute Gasteiger partial charge is 0.308 e. The molecule has 3 fully saturated rings. The Morgan fingerprint density at radius 1 is 1.33 bits per heavy atom. The van der Waals surface area contributed by atoms with Crippen LogP contribution in [0.3, 0.4) is 0 Å². The van der Waals surface area contributed by atoms with E-state index in [1.807, 2.05) is 0 Å². The molecule has 1 N–H and O–H groups in total. The lowest BCUT2D eigenvalue weighted by Crippen LogP contribution is -2.63. The quantitative estimate of drug-likeness (QED) is 0.923. The maximum Gasteiger partial charge on any atom is 0.0534 e. The van der Waals surface area contributed by atoms with Gasteiger partial charge in [-0.05, 0) is 38.5 Å². The van der Waals surface area contributed by atoms with Gasteiger partial charge < -0.3 is 5.32 Å². The molecule has 0 amide bonds. The number of rotatable bonds is 4. The van der Waals surface area contributed by atoms with Gasteiger partial charge >= 0.3 is 0 Å². The molecule has 1 saturated heterocycles. The van der Waals surface area contributed by atoms with E-state index in [4.69, 9.17) is 0 Å². The summed E-state index contributed by atoms with van der Waals surface area (Å²) in [6, 6.07) is 0.751. The van der Waals surface area contributed by atoms with Gasteiger partial charge in [0, 0.05) is 49.5 Å². The summed E-state index contributed by atoms with van der Waals surface area (Å²) < 4.78 is 2.05. The van der Waals surface area contributed by atoms with Crippen molar-refractivity contribution in [1.82, 2.24) is 20.0 Å². The van der Waals surface area contributed by atoms with E-state index in [1.54, 1.807) is 0 Å². The van der Waals surface area contributed by atoms with Gasteiger partial charge in [-0.1, -0.05) is 12.8 Å². The molecule has 1 unspecified atom stereocenters. The van der Waals surface area contributed by atoms with E-state index < -0.39 is 0 Å². The zero-order valence-electron chi connectivity index (χ0n) is 13.2. The monoisotopic (exact) mass is 288 g/mol. The minimum atomic E-state index is 0.423. The van der Waals surface area contributed by atoms with Gasteiger partial charge in [0.2, 0.25) is 0 Å². The maximum atomic E-state index is 4.45. The maximum absolute atomic E-state index is 4.45. The second-order valence-electron chi connectivity index (χ2n) is 7.38. The summed E-state index contributed by atoms with van der Waals surface area (Å²) in [7, 11) is 0. The van der Waals surface area contributed by atoms with Gasteiger partial charge in [0.05, 0.1) is 6.20 Å². The van der Waals surface area contributed by atoms with Crippen molar-refractivity contribution in [2.45, 2.75) is 70.1 Å². The van der Waals surface area contributed by atoms with Crippen LogP contribution >= 0.6 is 0 Å². The summed E-state index contributed by atoms with van der Waals surface area (Å²) in [6.07, 6.45) is 12.7. The number of nitrogens with zero attached hydrogens (tertiary/aromatic N) is 3. The summed E-state index contributed by atoms with van der Waals surface area (Å²) in [6.45, 7) is 6.66. The van der Waals surface area contributed by atoms with E-state index in [-0.39, 0.29) is 0 Å². The Balaban J connectivity index is 1.50. The van der Waals surface area contributed by atoms with Crippen molar-refractivity contribution in [3.05, 3.63) is 18.0 Å².